The molecule has 17 heavy (non-hydrogen) atoms. The van der Waals surface area contributed by atoms with Gasteiger partial charge in [0.15, 0.2) is 0 Å². The molecule has 0 saturated heterocycles. The van der Waals surface area contributed by atoms with Crippen LogP contribution in [0.25, 0.3) is 0 Å². The Balaban J connectivity index is 1.75. The highest BCUT2D eigenvalue weighted by atomic mass is 32.1. The number of thiophene rings is 1. The van der Waals surface area contributed by atoms with E-state index in [0.29, 0.717) is 18.4 Å². The number of nitrogens with one attached hydrogen (secondary N) is 1. The van der Waals surface area contributed by atoms with E-state index in [4.69, 9.17) is 0 Å². The standard InChI is InChI=1S/C12H18N2O2S/c1-8-3-4-11(17-8)10-7-9(10)5-6-14(16)12(15)13-2/h3-4,9-10,16H,5-7H2,1-2H3,(H,13,15). The maximum absolute atomic E-state index is 11.1. The number of aryl methyl sites for hydroxylation is 1. The van der Waals surface area contributed by atoms with Crippen molar-refractivity contribution in [1.82, 2.24) is 10.4 Å². The monoisotopic (exact) mass is 254 g/mol. The summed E-state index contributed by atoms with van der Waals surface area (Å²) in [5, 5.41) is 12.5. The zero-order valence-corrected chi connectivity index (χ0v) is 11.0. The van der Waals surface area contributed by atoms with Crippen molar-refractivity contribution >= 4 is 17.4 Å². The second-order valence-electron chi connectivity index (χ2n) is 4.52. The molecule has 0 radical (unpaired) electrons. The second kappa shape index (κ2) is 5.06. The van der Waals surface area contributed by atoms with Crippen molar-refractivity contribution in [2.75, 3.05) is 13.6 Å². The topological polar surface area (TPSA) is 52.6 Å². The molecule has 0 aromatic carbocycles. The molecule has 0 bridgehead atoms. The molecule has 4 nitrogen and oxygen atoms in total. The molecule has 0 spiro atoms. The highest BCUT2D eigenvalue weighted by Gasteiger charge is 2.39. The molecule has 1 aromatic heterocycles. The van der Waals surface area contributed by atoms with Crippen molar-refractivity contribution in [3.05, 3.63) is 21.9 Å². The lowest BCUT2D eigenvalue weighted by Gasteiger charge is -2.13. The van der Waals surface area contributed by atoms with Crippen LogP contribution in [0, 0.1) is 12.8 Å². The highest BCUT2D eigenvalue weighted by Crippen LogP contribution is 2.51. The Bertz CT molecular complexity index is 405. The van der Waals surface area contributed by atoms with E-state index in [1.807, 2.05) is 11.3 Å². The van der Waals surface area contributed by atoms with Crippen molar-refractivity contribution in [3.8, 4) is 0 Å². The van der Waals surface area contributed by atoms with Crippen LogP contribution in [0.4, 0.5) is 4.79 Å². The van der Waals surface area contributed by atoms with E-state index < -0.39 is 6.03 Å². The molecule has 1 aromatic rings. The van der Waals surface area contributed by atoms with Crippen LogP contribution in [0.5, 0.6) is 0 Å². The lowest BCUT2D eigenvalue weighted by atomic mass is 10.2. The highest BCUT2D eigenvalue weighted by molar-refractivity contribution is 7.12. The summed E-state index contributed by atoms with van der Waals surface area (Å²) in [6, 6.07) is 3.91. The van der Waals surface area contributed by atoms with Crippen LogP contribution in [0.3, 0.4) is 0 Å². The maximum atomic E-state index is 11.1. The van der Waals surface area contributed by atoms with Gasteiger partial charge >= 0.3 is 6.03 Å². The van der Waals surface area contributed by atoms with Crippen LogP contribution < -0.4 is 5.32 Å². The molecule has 2 N–H and O–H groups in total. The fourth-order valence-corrected chi connectivity index (χ4v) is 3.17. The molecule has 1 aliphatic rings. The summed E-state index contributed by atoms with van der Waals surface area (Å²) in [6.07, 6.45) is 2.05. The molecule has 1 fully saturated rings. The van der Waals surface area contributed by atoms with Gasteiger partial charge in [-0.1, -0.05) is 0 Å². The van der Waals surface area contributed by atoms with E-state index in [0.717, 1.165) is 11.5 Å². The number of hydrogen-bond donors (Lipinski definition) is 2. The van der Waals surface area contributed by atoms with Crippen LogP contribution in [-0.2, 0) is 0 Å². The number of rotatable bonds is 4. The number of nitrogens with zero attached hydrogens (tertiary/aromatic N) is 1. The average Bonchev–Trinajstić information content (AvgIpc) is 2.98. The molecule has 2 unspecified atom stereocenters. The van der Waals surface area contributed by atoms with E-state index in [2.05, 4.69) is 24.4 Å². The van der Waals surface area contributed by atoms with Crippen molar-refractivity contribution in [2.24, 2.45) is 5.92 Å². The maximum Gasteiger partial charge on any atom is 0.340 e. The minimum Gasteiger partial charge on any atom is -0.339 e. The van der Waals surface area contributed by atoms with E-state index in [9.17, 15) is 10.0 Å². The van der Waals surface area contributed by atoms with Gasteiger partial charge in [0.1, 0.15) is 0 Å². The Labute approximate surface area is 105 Å². The van der Waals surface area contributed by atoms with Crippen LogP contribution in [0.1, 0.15) is 28.5 Å². The zero-order valence-electron chi connectivity index (χ0n) is 10.1. The predicted molar refractivity (Wildman–Crippen MR) is 67.5 cm³/mol. The van der Waals surface area contributed by atoms with Gasteiger partial charge in [0.05, 0.1) is 6.54 Å². The Hall–Kier alpha value is -1.07. The van der Waals surface area contributed by atoms with Crippen LogP contribution >= 0.6 is 11.3 Å². The van der Waals surface area contributed by atoms with Gasteiger partial charge in [-0.25, -0.2) is 9.86 Å². The van der Waals surface area contributed by atoms with Crippen molar-refractivity contribution in [2.45, 2.75) is 25.7 Å². The van der Waals surface area contributed by atoms with Gasteiger partial charge in [0, 0.05) is 16.8 Å². The average molecular weight is 254 g/mol. The molecule has 1 aliphatic carbocycles. The summed E-state index contributed by atoms with van der Waals surface area (Å²) in [5.41, 5.74) is 0. The molecule has 0 aliphatic heterocycles. The first kappa shape index (κ1) is 12.4. The third-order valence-electron chi connectivity index (χ3n) is 3.21. The van der Waals surface area contributed by atoms with E-state index in [-0.39, 0.29) is 0 Å². The van der Waals surface area contributed by atoms with Crippen molar-refractivity contribution in [3.63, 3.8) is 0 Å². The second-order valence-corrected chi connectivity index (χ2v) is 5.84. The van der Waals surface area contributed by atoms with Gasteiger partial charge < -0.3 is 5.32 Å². The van der Waals surface area contributed by atoms with Crippen molar-refractivity contribution < 1.29 is 10.0 Å². The lowest BCUT2D eigenvalue weighted by molar-refractivity contribution is -0.0440. The minimum absolute atomic E-state index is 0.408. The molecule has 5 heteroatoms. The number of carbonyl (C=O) groups is 1. The van der Waals surface area contributed by atoms with E-state index in [1.54, 1.807) is 0 Å². The third kappa shape index (κ3) is 2.98. The third-order valence-corrected chi connectivity index (χ3v) is 4.34. The number of urea groups is 1. The van der Waals surface area contributed by atoms with Gasteiger partial charge in [-0.05, 0) is 43.7 Å². The number of carbonyl (C=O) groups excluding carboxylic acids is 1. The van der Waals surface area contributed by atoms with Gasteiger partial charge in [0.2, 0.25) is 0 Å². The molecule has 1 saturated carbocycles. The Morgan fingerprint density at radius 2 is 2.41 bits per heavy atom. The number of hydroxylamine groups is 2. The summed E-state index contributed by atoms with van der Waals surface area (Å²) in [6.45, 7) is 2.53. The SMILES string of the molecule is CNC(=O)N(O)CCC1CC1c1ccc(C)s1. The van der Waals surface area contributed by atoms with Crippen molar-refractivity contribution in [1.29, 1.82) is 0 Å². The first-order valence-electron chi connectivity index (χ1n) is 5.86. The van der Waals surface area contributed by atoms with E-state index >= 15 is 0 Å². The van der Waals surface area contributed by atoms with Gasteiger partial charge in [-0.2, -0.15) is 0 Å². The predicted octanol–water partition coefficient (Wildman–Crippen LogP) is 2.58. The van der Waals surface area contributed by atoms with Crippen LogP contribution in [0.15, 0.2) is 12.1 Å². The molecule has 94 valence electrons. The summed E-state index contributed by atoms with van der Waals surface area (Å²) >= 11 is 1.85. The van der Waals surface area contributed by atoms with E-state index in [1.165, 1.54) is 23.2 Å². The normalized spacial score (nSPS) is 22.3. The Kier molecular flexibility index (Phi) is 3.69. The first-order valence-corrected chi connectivity index (χ1v) is 6.68. The molecule has 2 amide bonds. The summed E-state index contributed by atoms with van der Waals surface area (Å²) < 4.78 is 0. The summed E-state index contributed by atoms with van der Waals surface area (Å²) in [5.74, 6) is 1.26. The summed E-state index contributed by atoms with van der Waals surface area (Å²) in [7, 11) is 1.51. The largest absolute Gasteiger partial charge is 0.340 e. The van der Waals surface area contributed by atoms with Crippen LogP contribution in [0.2, 0.25) is 0 Å². The minimum atomic E-state index is -0.436. The first-order chi connectivity index (χ1) is 8.11. The van der Waals surface area contributed by atoms with Gasteiger partial charge in [-0.3, -0.25) is 5.21 Å². The van der Waals surface area contributed by atoms with Crippen LogP contribution in [-0.4, -0.2) is 29.9 Å². The van der Waals surface area contributed by atoms with Gasteiger partial charge in [0.25, 0.3) is 0 Å². The number of hydrogen-bond acceptors (Lipinski definition) is 3. The van der Waals surface area contributed by atoms with Gasteiger partial charge in [-0.15, -0.1) is 11.3 Å². The summed E-state index contributed by atoms with van der Waals surface area (Å²) in [4.78, 5) is 13.9. The lowest BCUT2D eigenvalue weighted by Crippen LogP contribution is -2.36. The fraction of sp³-hybridized carbons (Fsp3) is 0.583. The Morgan fingerprint density at radius 1 is 1.65 bits per heavy atom. The zero-order chi connectivity index (χ0) is 12.4. The molecule has 2 atom stereocenters. The quantitative estimate of drug-likeness (QED) is 0.641. The fourth-order valence-electron chi connectivity index (χ4n) is 2.09. The molecular weight excluding hydrogens is 236 g/mol. The smallest absolute Gasteiger partial charge is 0.339 e. The molecule has 1 heterocycles. The Morgan fingerprint density at radius 3 is 3.00 bits per heavy atom. The molecule has 2 rings (SSSR count). The molecular formula is C12H18N2O2S. The number of amides is 2.